The van der Waals surface area contributed by atoms with Gasteiger partial charge in [-0.05, 0) is 43.4 Å². The number of morpholine rings is 1. The van der Waals surface area contributed by atoms with Crippen LogP contribution in [0.1, 0.15) is 36.5 Å². The van der Waals surface area contributed by atoms with Crippen molar-refractivity contribution in [3.8, 4) is 11.1 Å². The molecule has 1 aliphatic carbocycles. The maximum absolute atomic E-state index is 15.3. The number of nitrogens with two attached hydrogens (primary N) is 1. The van der Waals surface area contributed by atoms with E-state index in [2.05, 4.69) is 0 Å². The highest BCUT2D eigenvalue weighted by Crippen LogP contribution is 2.37. The highest BCUT2D eigenvalue weighted by atomic mass is 19.1. The van der Waals surface area contributed by atoms with E-state index in [1.807, 2.05) is 37.3 Å². The van der Waals surface area contributed by atoms with Gasteiger partial charge in [-0.15, -0.1) is 0 Å². The van der Waals surface area contributed by atoms with Gasteiger partial charge in [0.15, 0.2) is 0 Å². The van der Waals surface area contributed by atoms with Crippen molar-refractivity contribution < 1.29 is 28.5 Å². The fraction of sp³-hybridized carbons (Fsp3) is 0.536. The zero-order valence-corrected chi connectivity index (χ0v) is 21.1. The lowest BCUT2D eigenvalue weighted by Gasteiger charge is -2.38. The first-order chi connectivity index (χ1) is 17.4. The third kappa shape index (κ3) is 6.12. The number of carbonyl (C=O) groups excluding carboxylic acids is 1. The molecule has 2 fully saturated rings. The fourth-order valence-corrected chi connectivity index (χ4v) is 5.26. The normalized spacial score (nSPS) is 25.2. The van der Waals surface area contributed by atoms with Crippen molar-refractivity contribution in [1.82, 2.24) is 4.90 Å². The van der Waals surface area contributed by atoms with Crippen molar-refractivity contribution in [3.63, 3.8) is 0 Å². The molecule has 2 aromatic rings. The minimum atomic E-state index is -0.656. The van der Waals surface area contributed by atoms with Crippen LogP contribution in [0.5, 0.6) is 0 Å². The summed E-state index contributed by atoms with van der Waals surface area (Å²) in [5, 5.41) is 10.0. The Balaban J connectivity index is 1.62. The number of benzene rings is 2. The minimum absolute atomic E-state index is 0.0217. The van der Waals surface area contributed by atoms with Crippen LogP contribution in [0.4, 0.5) is 4.39 Å². The number of methoxy groups -OCH3 is 1. The molecule has 1 unspecified atom stereocenters. The number of halogens is 1. The molecule has 0 radical (unpaired) electrons. The lowest BCUT2D eigenvalue weighted by Crippen LogP contribution is -2.50. The highest BCUT2D eigenvalue weighted by molar-refractivity contribution is 5.79. The van der Waals surface area contributed by atoms with Crippen LogP contribution < -0.4 is 5.73 Å². The smallest absolute Gasteiger partial charge is 0.226 e. The summed E-state index contributed by atoms with van der Waals surface area (Å²) in [6.07, 6.45) is -0.191. The van der Waals surface area contributed by atoms with Crippen LogP contribution in [0.2, 0.25) is 0 Å². The standard InChI is InChI=1S/C28H37FN2O5/c1-18-6-3-7-19(14-18)26-21(8-4-9-22(26)29)27(36-12-5-11-34-2)25-17-31(10-13-35-25)28(33)20-15-23(30)24(32)16-20/h3-4,6-9,14,20,23-25,27,32H,5,10-13,15-17,30H2,1-2H3/t20-,23+,24-,25+,27?/m0/s1. The molecule has 0 aromatic heterocycles. The molecule has 4 rings (SSSR count). The molecule has 3 N–H and O–H groups in total. The second-order valence-corrected chi connectivity index (χ2v) is 9.80. The van der Waals surface area contributed by atoms with Gasteiger partial charge in [0, 0.05) is 50.9 Å². The Bertz CT molecular complexity index is 1020. The number of amides is 1. The summed E-state index contributed by atoms with van der Waals surface area (Å²) in [5.41, 5.74) is 8.92. The van der Waals surface area contributed by atoms with Crippen LogP contribution in [0.25, 0.3) is 11.1 Å². The number of rotatable bonds is 9. The van der Waals surface area contributed by atoms with E-state index in [9.17, 15) is 9.90 Å². The van der Waals surface area contributed by atoms with Crippen LogP contribution >= 0.6 is 0 Å². The van der Waals surface area contributed by atoms with Gasteiger partial charge in [0.2, 0.25) is 5.91 Å². The third-order valence-electron chi connectivity index (χ3n) is 7.12. The molecule has 5 atom stereocenters. The van der Waals surface area contributed by atoms with Crippen molar-refractivity contribution >= 4 is 5.91 Å². The lowest BCUT2D eigenvalue weighted by atomic mass is 9.91. The lowest BCUT2D eigenvalue weighted by molar-refractivity contribution is -0.152. The van der Waals surface area contributed by atoms with Crippen LogP contribution in [-0.4, -0.2) is 74.2 Å². The summed E-state index contributed by atoms with van der Waals surface area (Å²) in [4.78, 5) is 15.0. The molecule has 1 saturated carbocycles. The van der Waals surface area contributed by atoms with Crippen molar-refractivity contribution in [2.45, 2.75) is 50.5 Å². The molecule has 0 spiro atoms. The maximum atomic E-state index is 15.3. The Labute approximate surface area is 212 Å². The Hall–Kier alpha value is -2.36. The average molecular weight is 501 g/mol. The fourth-order valence-electron chi connectivity index (χ4n) is 5.26. The van der Waals surface area contributed by atoms with E-state index in [0.29, 0.717) is 63.3 Å². The van der Waals surface area contributed by atoms with Crippen LogP contribution in [-0.2, 0) is 19.0 Å². The van der Waals surface area contributed by atoms with Crippen LogP contribution in [0.3, 0.4) is 0 Å². The number of ether oxygens (including phenoxy) is 3. The molecule has 7 nitrogen and oxygen atoms in total. The molecule has 2 aliphatic rings. The molecule has 1 heterocycles. The number of aryl methyl sites for hydroxylation is 1. The summed E-state index contributed by atoms with van der Waals surface area (Å²) in [6.45, 7) is 4.05. The predicted molar refractivity (Wildman–Crippen MR) is 135 cm³/mol. The van der Waals surface area contributed by atoms with Crippen molar-refractivity contribution in [3.05, 3.63) is 59.4 Å². The quantitative estimate of drug-likeness (QED) is 0.514. The molecular formula is C28H37FN2O5. The second kappa shape index (κ2) is 12.3. The van der Waals surface area contributed by atoms with Gasteiger partial charge in [-0.25, -0.2) is 4.39 Å². The van der Waals surface area contributed by atoms with Gasteiger partial charge < -0.3 is 30.0 Å². The van der Waals surface area contributed by atoms with Gasteiger partial charge in [0.1, 0.15) is 18.0 Å². The van der Waals surface area contributed by atoms with Gasteiger partial charge >= 0.3 is 0 Å². The minimum Gasteiger partial charge on any atom is -0.391 e. The number of carbonyl (C=O) groups is 1. The molecule has 8 heteroatoms. The van der Waals surface area contributed by atoms with Gasteiger partial charge in [-0.2, -0.15) is 0 Å². The van der Waals surface area contributed by atoms with Gasteiger partial charge in [-0.1, -0.05) is 42.0 Å². The Morgan fingerprint density at radius 1 is 1.25 bits per heavy atom. The molecule has 196 valence electrons. The molecule has 1 saturated heterocycles. The van der Waals surface area contributed by atoms with Gasteiger partial charge in [-0.3, -0.25) is 4.79 Å². The topological polar surface area (TPSA) is 94.3 Å². The maximum Gasteiger partial charge on any atom is 0.226 e. The summed E-state index contributed by atoms with van der Waals surface area (Å²) in [7, 11) is 1.64. The molecule has 0 bridgehead atoms. The van der Waals surface area contributed by atoms with Crippen LogP contribution in [0.15, 0.2) is 42.5 Å². The number of aliphatic hydroxyl groups is 1. The molecular weight excluding hydrogens is 463 g/mol. The summed E-state index contributed by atoms with van der Waals surface area (Å²) in [6, 6.07) is 12.4. The Morgan fingerprint density at radius 3 is 2.78 bits per heavy atom. The van der Waals surface area contributed by atoms with Crippen molar-refractivity contribution in [2.75, 3.05) is 40.0 Å². The third-order valence-corrected chi connectivity index (χ3v) is 7.12. The van der Waals surface area contributed by atoms with E-state index in [1.54, 1.807) is 18.1 Å². The van der Waals surface area contributed by atoms with E-state index in [4.69, 9.17) is 19.9 Å². The number of nitrogens with zero attached hydrogens (tertiary/aromatic N) is 1. The SMILES string of the molecule is COCCCOC(c1cccc(F)c1-c1cccc(C)c1)[C@H]1CN(C(=O)[C@H]2C[C@@H](N)[C@@H](O)C2)CCO1. The van der Waals surface area contributed by atoms with Gasteiger partial charge in [0.25, 0.3) is 0 Å². The number of hydrogen-bond donors (Lipinski definition) is 2. The predicted octanol–water partition coefficient (Wildman–Crippen LogP) is 3.22. The average Bonchev–Trinajstić information content (AvgIpc) is 3.21. The molecule has 2 aromatic carbocycles. The molecule has 1 aliphatic heterocycles. The second-order valence-electron chi connectivity index (χ2n) is 9.80. The first kappa shape index (κ1) is 26.7. The van der Waals surface area contributed by atoms with E-state index in [0.717, 1.165) is 11.1 Å². The summed E-state index contributed by atoms with van der Waals surface area (Å²) >= 11 is 0. The highest BCUT2D eigenvalue weighted by Gasteiger charge is 2.40. The number of hydrogen-bond acceptors (Lipinski definition) is 6. The van der Waals surface area contributed by atoms with E-state index in [1.165, 1.54) is 6.07 Å². The zero-order chi connectivity index (χ0) is 25.7. The van der Waals surface area contributed by atoms with Gasteiger partial charge in [0.05, 0.1) is 12.7 Å². The van der Waals surface area contributed by atoms with E-state index < -0.39 is 18.3 Å². The largest absolute Gasteiger partial charge is 0.391 e. The first-order valence-electron chi connectivity index (χ1n) is 12.7. The first-order valence-corrected chi connectivity index (χ1v) is 12.7. The molecule has 36 heavy (non-hydrogen) atoms. The number of aliphatic hydroxyl groups excluding tert-OH is 1. The summed E-state index contributed by atoms with van der Waals surface area (Å²) in [5.74, 6) is -0.653. The van der Waals surface area contributed by atoms with E-state index >= 15 is 4.39 Å². The van der Waals surface area contributed by atoms with Crippen molar-refractivity contribution in [1.29, 1.82) is 0 Å². The summed E-state index contributed by atoms with van der Waals surface area (Å²) < 4.78 is 33.0. The van der Waals surface area contributed by atoms with Crippen LogP contribution in [0, 0.1) is 18.7 Å². The zero-order valence-electron chi connectivity index (χ0n) is 21.1. The Morgan fingerprint density at radius 2 is 2.06 bits per heavy atom. The molecule has 1 amide bonds. The van der Waals surface area contributed by atoms with E-state index in [-0.39, 0.29) is 23.7 Å². The van der Waals surface area contributed by atoms with Crippen molar-refractivity contribution in [2.24, 2.45) is 11.7 Å². The monoisotopic (exact) mass is 500 g/mol. The Kier molecular flexibility index (Phi) is 9.09.